The minimum absolute atomic E-state index is 0.275. The van der Waals surface area contributed by atoms with Gasteiger partial charge in [0.05, 0.1) is 0 Å². The molecule has 0 aromatic heterocycles. The number of hydrogen-bond donors (Lipinski definition) is 4. The minimum atomic E-state index is -0.975. The van der Waals surface area contributed by atoms with E-state index in [0.29, 0.717) is 0 Å². The van der Waals surface area contributed by atoms with Crippen LogP contribution in [0.1, 0.15) is 0 Å². The molecule has 1 unspecified atom stereocenters. The van der Waals surface area contributed by atoms with Crippen molar-refractivity contribution in [3.8, 4) is 0 Å². The van der Waals surface area contributed by atoms with E-state index in [0.717, 1.165) is 0 Å². The smallest absolute Gasteiger partial charge is 0.187 e. The van der Waals surface area contributed by atoms with Gasteiger partial charge in [0, 0.05) is 0 Å². The molecule has 0 saturated heterocycles. The summed E-state index contributed by atoms with van der Waals surface area (Å²) in [6.45, 7) is 3.10. The largest absolute Gasteiger partial charge is 0.374 e. The normalized spacial score (nSPS) is 12.9. The Labute approximate surface area is 41.8 Å². The lowest BCUT2D eigenvalue weighted by molar-refractivity contribution is 0.206. The highest BCUT2D eigenvalue weighted by Crippen LogP contribution is 1.63. The summed E-state index contributed by atoms with van der Waals surface area (Å²) in [5.41, 5.74) is 4.77. The standard InChI is InChI=1S/C3H8N3O/c1-2(7)6-3(4)5/h2,7H,1H2,(H4,4,5,6). The van der Waals surface area contributed by atoms with Crippen LogP contribution in [0.4, 0.5) is 0 Å². The summed E-state index contributed by atoms with van der Waals surface area (Å²) in [7, 11) is 0. The highest BCUT2D eigenvalue weighted by molar-refractivity contribution is 5.74. The second-order valence-corrected chi connectivity index (χ2v) is 1.07. The number of aliphatic hydroxyl groups is 1. The van der Waals surface area contributed by atoms with E-state index in [-0.39, 0.29) is 5.96 Å². The first-order valence-corrected chi connectivity index (χ1v) is 1.74. The molecule has 4 heteroatoms. The lowest BCUT2D eigenvalue weighted by Crippen LogP contribution is -2.37. The molecule has 0 aliphatic heterocycles. The van der Waals surface area contributed by atoms with E-state index in [1.165, 1.54) is 0 Å². The summed E-state index contributed by atoms with van der Waals surface area (Å²) in [4.78, 5) is 0. The van der Waals surface area contributed by atoms with E-state index in [1.807, 2.05) is 0 Å². The van der Waals surface area contributed by atoms with Crippen LogP contribution in [0, 0.1) is 12.3 Å². The van der Waals surface area contributed by atoms with Crippen molar-refractivity contribution in [1.82, 2.24) is 5.32 Å². The second-order valence-electron chi connectivity index (χ2n) is 1.07. The van der Waals surface area contributed by atoms with Crippen LogP contribution in [-0.2, 0) is 0 Å². The van der Waals surface area contributed by atoms with Gasteiger partial charge >= 0.3 is 0 Å². The monoisotopic (exact) mass is 102 g/mol. The van der Waals surface area contributed by atoms with Crippen molar-refractivity contribution < 1.29 is 5.11 Å². The Morgan fingerprint density at radius 3 is 2.43 bits per heavy atom. The zero-order valence-electron chi connectivity index (χ0n) is 3.81. The van der Waals surface area contributed by atoms with Crippen molar-refractivity contribution in [2.75, 3.05) is 0 Å². The van der Waals surface area contributed by atoms with E-state index in [9.17, 15) is 0 Å². The van der Waals surface area contributed by atoms with Gasteiger partial charge in [0.1, 0.15) is 6.23 Å². The molecule has 7 heavy (non-hydrogen) atoms. The van der Waals surface area contributed by atoms with Crippen LogP contribution >= 0.6 is 0 Å². The van der Waals surface area contributed by atoms with Crippen molar-refractivity contribution in [2.45, 2.75) is 6.23 Å². The average molecular weight is 102 g/mol. The summed E-state index contributed by atoms with van der Waals surface area (Å²) in [6.07, 6.45) is -0.975. The van der Waals surface area contributed by atoms with Gasteiger partial charge in [-0.3, -0.25) is 5.41 Å². The van der Waals surface area contributed by atoms with E-state index in [1.54, 1.807) is 0 Å². The number of hydrogen-bond acceptors (Lipinski definition) is 2. The lowest BCUT2D eigenvalue weighted by atomic mass is 10.6. The Bertz CT molecular complexity index is 70.6. The van der Waals surface area contributed by atoms with Crippen molar-refractivity contribution in [3.05, 3.63) is 6.92 Å². The molecular formula is C3H8N3O. The molecule has 0 rings (SSSR count). The lowest BCUT2D eigenvalue weighted by Gasteiger charge is -2.03. The fourth-order valence-corrected chi connectivity index (χ4v) is 0.179. The van der Waals surface area contributed by atoms with Gasteiger partial charge in [0.25, 0.3) is 0 Å². The highest BCUT2D eigenvalue weighted by Gasteiger charge is 1.90. The summed E-state index contributed by atoms with van der Waals surface area (Å²) in [5, 5.41) is 16.9. The zero-order valence-corrected chi connectivity index (χ0v) is 3.81. The minimum Gasteiger partial charge on any atom is -0.374 e. The van der Waals surface area contributed by atoms with Crippen LogP contribution in [0.25, 0.3) is 0 Å². The predicted molar refractivity (Wildman–Crippen MR) is 26.4 cm³/mol. The Kier molecular flexibility index (Phi) is 2.15. The molecule has 0 heterocycles. The summed E-state index contributed by atoms with van der Waals surface area (Å²) in [5.74, 6) is -0.275. The Hall–Kier alpha value is -0.770. The van der Waals surface area contributed by atoms with Crippen molar-refractivity contribution in [2.24, 2.45) is 5.73 Å². The molecule has 0 aliphatic carbocycles. The molecule has 0 bridgehead atoms. The molecule has 4 nitrogen and oxygen atoms in total. The van der Waals surface area contributed by atoms with Crippen LogP contribution in [0.5, 0.6) is 0 Å². The first-order chi connectivity index (χ1) is 3.13. The van der Waals surface area contributed by atoms with E-state index in [2.05, 4.69) is 12.2 Å². The topological polar surface area (TPSA) is 82.1 Å². The second kappa shape index (κ2) is 2.41. The van der Waals surface area contributed by atoms with E-state index in [4.69, 9.17) is 16.2 Å². The molecule has 0 aromatic rings. The Balaban J connectivity index is 3.13. The summed E-state index contributed by atoms with van der Waals surface area (Å²) >= 11 is 0. The molecule has 0 saturated carbocycles. The molecule has 41 valence electrons. The van der Waals surface area contributed by atoms with Crippen LogP contribution < -0.4 is 11.1 Å². The van der Waals surface area contributed by atoms with Crippen LogP contribution in [0.2, 0.25) is 0 Å². The first-order valence-electron chi connectivity index (χ1n) is 1.74. The molecule has 0 aromatic carbocycles. The van der Waals surface area contributed by atoms with Crippen LogP contribution in [0.3, 0.4) is 0 Å². The molecular weight excluding hydrogens is 94.1 g/mol. The molecule has 1 atom stereocenters. The van der Waals surface area contributed by atoms with Gasteiger partial charge in [-0.2, -0.15) is 0 Å². The summed E-state index contributed by atoms with van der Waals surface area (Å²) in [6, 6.07) is 0. The van der Waals surface area contributed by atoms with Crippen LogP contribution in [0.15, 0.2) is 0 Å². The number of guanidine groups is 1. The first kappa shape index (κ1) is 6.23. The number of rotatable bonds is 1. The van der Waals surface area contributed by atoms with Crippen molar-refractivity contribution in [1.29, 1.82) is 5.41 Å². The number of aliphatic hydroxyl groups excluding tert-OH is 1. The van der Waals surface area contributed by atoms with Gasteiger partial charge in [0.15, 0.2) is 5.96 Å². The van der Waals surface area contributed by atoms with Gasteiger partial charge in [0.2, 0.25) is 0 Å². The number of nitrogens with one attached hydrogen (secondary N) is 2. The molecule has 0 fully saturated rings. The molecule has 0 amide bonds. The Morgan fingerprint density at radius 1 is 2.00 bits per heavy atom. The maximum Gasteiger partial charge on any atom is 0.187 e. The third kappa shape index (κ3) is 5.23. The third-order valence-corrected chi connectivity index (χ3v) is 0.322. The molecule has 0 spiro atoms. The van der Waals surface area contributed by atoms with Crippen LogP contribution in [-0.4, -0.2) is 17.3 Å². The van der Waals surface area contributed by atoms with E-state index < -0.39 is 6.23 Å². The third-order valence-electron chi connectivity index (χ3n) is 0.322. The SMILES string of the molecule is [CH2]C(O)NC(=N)N. The zero-order chi connectivity index (χ0) is 5.86. The van der Waals surface area contributed by atoms with Gasteiger partial charge in [-0.05, 0) is 6.92 Å². The predicted octanol–water partition coefficient (Wildman–Crippen LogP) is -1.38. The Morgan fingerprint density at radius 2 is 2.43 bits per heavy atom. The van der Waals surface area contributed by atoms with Gasteiger partial charge in [-0.1, -0.05) is 0 Å². The maximum absolute atomic E-state index is 8.28. The van der Waals surface area contributed by atoms with Gasteiger partial charge in [-0.15, -0.1) is 0 Å². The van der Waals surface area contributed by atoms with E-state index >= 15 is 0 Å². The molecule has 5 N–H and O–H groups in total. The summed E-state index contributed by atoms with van der Waals surface area (Å²) < 4.78 is 0. The van der Waals surface area contributed by atoms with Gasteiger partial charge < -0.3 is 16.2 Å². The van der Waals surface area contributed by atoms with Crippen molar-refractivity contribution in [3.63, 3.8) is 0 Å². The van der Waals surface area contributed by atoms with Crippen molar-refractivity contribution >= 4 is 5.96 Å². The number of nitrogens with two attached hydrogens (primary N) is 1. The fraction of sp³-hybridized carbons (Fsp3) is 0.333. The average Bonchev–Trinajstić information content (AvgIpc) is 1.27. The molecule has 0 aliphatic rings. The van der Waals surface area contributed by atoms with Gasteiger partial charge in [-0.25, -0.2) is 0 Å². The molecule has 1 radical (unpaired) electrons. The maximum atomic E-state index is 8.28. The fourth-order valence-electron chi connectivity index (χ4n) is 0.179. The quantitative estimate of drug-likeness (QED) is 0.187. The highest BCUT2D eigenvalue weighted by atomic mass is 16.3.